The van der Waals surface area contributed by atoms with Crippen LogP contribution in [0.4, 0.5) is 11.4 Å². The molecule has 2 saturated heterocycles. The van der Waals surface area contributed by atoms with E-state index < -0.39 is 0 Å². The molecular formula is C28H26N4O2S. The molecule has 2 atom stereocenters. The van der Waals surface area contributed by atoms with Crippen molar-refractivity contribution in [3.05, 3.63) is 103 Å². The molecule has 176 valence electrons. The smallest absolute Gasteiger partial charge is 0.174 e. The lowest BCUT2D eigenvalue weighted by Gasteiger charge is -2.30. The van der Waals surface area contributed by atoms with Crippen molar-refractivity contribution in [3.8, 4) is 11.3 Å². The van der Waals surface area contributed by atoms with Gasteiger partial charge in [0.15, 0.2) is 5.11 Å². The Bertz CT molecular complexity index is 1290. The van der Waals surface area contributed by atoms with Gasteiger partial charge in [-0.05, 0) is 60.7 Å². The molecule has 0 bridgehead atoms. The normalized spacial score (nSPS) is 20.2. The van der Waals surface area contributed by atoms with E-state index in [1.54, 1.807) is 0 Å². The fourth-order valence-corrected chi connectivity index (χ4v) is 5.18. The van der Waals surface area contributed by atoms with Gasteiger partial charge in [0.1, 0.15) is 17.6 Å². The Morgan fingerprint density at radius 3 is 2.31 bits per heavy atom. The van der Waals surface area contributed by atoms with Gasteiger partial charge in [0.05, 0.1) is 24.9 Å². The number of rotatable bonds is 5. The number of aromatic nitrogens is 1. The minimum absolute atomic E-state index is 0.141. The maximum atomic E-state index is 6.43. The van der Waals surface area contributed by atoms with Gasteiger partial charge in [-0.3, -0.25) is 4.98 Å². The lowest BCUT2D eigenvalue weighted by Crippen LogP contribution is -2.36. The number of pyridine rings is 1. The molecular weight excluding hydrogens is 456 g/mol. The van der Waals surface area contributed by atoms with Gasteiger partial charge in [-0.25, -0.2) is 0 Å². The van der Waals surface area contributed by atoms with Gasteiger partial charge in [-0.15, -0.1) is 0 Å². The zero-order valence-corrected chi connectivity index (χ0v) is 20.0. The largest absolute Gasteiger partial charge is 0.459 e. The van der Waals surface area contributed by atoms with Crippen molar-refractivity contribution in [1.29, 1.82) is 0 Å². The lowest BCUT2D eigenvalue weighted by atomic mass is 10.0. The highest BCUT2D eigenvalue weighted by Gasteiger charge is 2.42. The Kier molecular flexibility index (Phi) is 5.94. The van der Waals surface area contributed by atoms with Crippen LogP contribution in [0.5, 0.6) is 0 Å². The maximum Gasteiger partial charge on any atom is 0.174 e. The standard InChI is InChI=1S/C28H26N4O2S/c35-28-30-26(23-8-4-5-15-29-23)27(25-14-13-24(34-25)20-6-2-1-3-7-20)32(28)22-11-9-21(10-12-22)31-16-18-33-19-17-31/h1-15,26-27H,16-19H2,(H,30,35)/t26-,27-/m1/s1. The zero-order valence-electron chi connectivity index (χ0n) is 19.2. The minimum atomic E-state index is -0.177. The molecule has 7 heteroatoms. The third kappa shape index (κ3) is 4.29. The molecule has 0 spiro atoms. The van der Waals surface area contributed by atoms with Crippen molar-refractivity contribution in [3.63, 3.8) is 0 Å². The third-order valence-corrected chi connectivity index (χ3v) is 6.89. The van der Waals surface area contributed by atoms with E-state index in [2.05, 4.69) is 56.5 Å². The number of thiocarbonyl (C=S) groups is 1. The Labute approximate surface area is 210 Å². The molecule has 6 nitrogen and oxygen atoms in total. The number of nitrogens with one attached hydrogen (secondary N) is 1. The van der Waals surface area contributed by atoms with Crippen LogP contribution in [-0.2, 0) is 4.74 Å². The molecule has 4 aromatic rings. The van der Waals surface area contributed by atoms with Gasteiger partial charge in [0.25, 0.3) is 0 Å². The summed E-state index contributed by atoms with van der Waals surface area (Å²) in [6.45, 7) is 3.33. The molecule has 2 aliphatic heterocycles. The van der Waals surface area contributed by atoms with E-state index in [0.717, 1.165) is 54.8 Å². The Balaban J connectivity index is 1.37. The van der Waals surface area contributed by atoms with Gasteiger partial charge in [0.2, 0.25) is 0 Å². The minimum Gasteiger partial charge on any atom is -0.459 e. The monoisotopic (exact) mass is 482 g/mol. The molecule has 4 heterocycles. The molecule has 0 saturated carbocycles. The number of benzene rings is 2. The highest BCUT2D eigenvalue weighted by molar-refractivity contribution is 7.80. The third-order valence-electron chi connectivity index (χ3n) is 6.58. The van der Waals surface area contributed by atoms with E-state index in [1.807, 2.05) is 54.7 Å². The second kappa shape index (κ2) is 9.52. The molecule has 2 aliphatic rings. The zero-order chi connectivity index (χ0) is 23.6. The number of hydrogen-bond acceptors (Lipinski definition) is 5. The average Bonchev–Trinajstić information content (AvgIpc) is 3.55. The highest BCUT2D eigenvalue weighted by Crippen LogP contribution is 2.43. The van der Waals surface area contributed by atoms with Crippen molar-refractivity contribution in [2.45, 2.75) is 12.1 Å². The fraction of sp³-hybridized carbons (Fsp3) is 0.214. The van der Waals surface area contributed by atoms with Gasteiger partial charge in [-0.2, -0.15) is 0 Å². The van der Waals surface area contributed by atoms with E-state index in [1.165, 1.54) is 5.69 Å². The molecule has 2 aromatic heterocycles. The first-order valence-electron chi connectivity index (χ1n) is 11.9. The predicted molar refractivity (Wildman–Crippen MR) is 142 cm³/mol. The summed E-state index contributed by atoms with van der Waals surface area (Å²) in [5.74, 6) is 1.67. The van der Waals surface area contributed by atoms with Gasteiger partial charge >= 0.3 is 0 Å². The summed E-state index contributed by atoms with van der Waals surface area (Å²) in [5, 5.41) is 4.16. The van der Waals surface area contributed by atoms with E-state index in [4.69, 9.17) is 21.4 Å². The van der Waals surface area contributed by atoms with Gasteiger partial charge in [-0.1, -0.05) is 36.4 Å². The van der Waals surface area contributed by atoms with E-state index in [-0.39, 0.29) is 12.1 Å². The van der Waals surface area contributed by atoms with Crippen LogP contribution in [0.2, 0.25) is 0 Å². The van der Waals surface area contributed by atoms with Crippen LogP contribution in [0, 0.1) is 0 Å². The molecule has 2 fully saturated rings. The highest BCUT2D eigenvalue weighted by atomic mass is 32.1. The lowest BCUT2D eigenvalue weighted by molar-refractivity contribution is 0.122. The number of hydrogen-bond donors (Lipinski definition) is 1. The van der Waals surface area contributed by atoms with Crippen molar-refractivity contribution in [1.82, 2.24) is 10.3 Å². The Morgan fingerprint density at radius 1 is 0.829 bits per heavy atom. The molecule has 0 unspecified atom stereocenters. The number of furan rings is 1. The average molecular weight is 483 g/mol. The van der Waals surface area contributed by atoms with Crippen LogP contribution >= 0.6 is 12.2 Å². The second-order valence-electron chi connectivity index (χ2n) is 8.68. The molecule has 0 radical (unpaired) electrons. The number of morpholine rings is 1. The SMILES string of the molecule is S=C1N[C@H](c2ccccn2)[C@@H](c2ccc(-c3ccccc3)o2)N1c1ccc(N2CCOCC2)cc1. The molecule has 35 heavy (non-hydrogen) atoms. The van der Waals surface area contributed by atoms with Crippen LogP contribution < -0.4 is 15.1 Å². The summed E-state index contributed by atoms with van der Waals surface area (Å²) in [7, 11) is 0. The van der Waals surface area contributed by atoms with E-state index in [0.29, 0.717) is 5.11 Å². The number of ether oxygens (including phenoxy) is 1. The molecule has 0 aliphatic carbocycles. The Hall–Kier alpha value is -3.68. The molecule has 2 aromatic carbocycles. The number of nitrogens with zero attached hydrogens (tertiary/aromatic N) is 3. The van der Waals surface area contributed by atoms with E-state index >= 15 is 0 Å². The Morgan fingerprint density at radius 2 is 1.57 bits per heavy atom. The summed E-state index contributed by atoms with van der Waals surface area (Å²) in [6.07, 6.45) is 1.81. The maximum absolute atomic E-state index is 6.43. The van der Waals surface area contributed by atoms with Crippen LogP contribution in [0.25, 0.3) is 11.3 Å². The van der Waals surface area contributed by atoms with Crippen LogP contribution in [0.3, 0.4) is 0 Å². The quantitative estimate of drug-likeness (QED) is 0.385. The predicted octanol–water partition coefficient (Wildman–Crippen LogP) is 5.36. The van der Waals surface area contributed by atoms with Crippen molar-refractivity contribution in [2.24, 2.45) is 0 Å². The summed E-state index contributed by atoms with van der Waals surface area (Å²) < 4.78 is 11.9. The summed E-state index contributed by atoms with van der Waals surface area (Å²) in [5.41, 5.74) is 4.17. The molecule has 6 rings (SSSR count). The summed E-state index contributed by atoms with van der Waals surface area (Å²) in [6, 6.07) is 28.4. The molecule has 1 N–H and O–H groups in total. The first-order chi connectivity index (χ1) is 17.3. The summed E-state index contributed by atoms with van der Waals surface area (Å²) in [4.78, 5) is 9.12. The summed E-state index contributed by atoms with van der Waals surface area (Å²) >= 11 is 5.85. The van der Waals surface area contributed by atoms with Crippen LogP contribution in [-0.4, -0.2) is 36.4 Å². The number of anilines is 2. The second-order valence-corrected chi connectivity index (χ2v) is 9.07. The fourth-order valence-electron chi connectivity index (χ4n) is 4.84. The van der Waals surface area contributed by atoms with Crippen LogP contribution in [0.1, 0.15) is 23.5 Å². The topological polar surface area (TPSA) is 53.8 Å². The van der Waals surface area contributed by atoms with Crippen LogP contribution in [0.15, 0.2) is 95.5 Å². The first-order valence-corrected chi connectivity index (χ1v) is 12.3. The van der Waals surface area contributed by atoms with Crippen molar-refractivity contribution >= 4 is 28.7 Å². The first kappa shape index (κ1) is 21.8. The van der Waals surface area contributed by atoms with Crippen molar-refractivity contribution < 1.29 is 9.15 Å². The van der Waals surface area contributed by atoms with Gasteiger partial charge in [0, 0.05) is 36.2 Å². The van der Waals surface area contributed by atoms with E-state index in [9.17, 15) is 0 Å². The van der Waals surface area contributed by atoms with Gasteiger partial charge < -0.3 is 24.3 Å². The van der Waals surface area contributed by atoms with Crippen molar-refractivity contribution in [2.75, 3.05) is 36.1 Å². The molecule has 0 amide bonds.